The van der Waals surface area contributed by atoms with E-state index in [0.29, 0.717) is 31.6 Å². The fourth-order valence-corrected chi connectivity index (χ4v) is 2.03. The van der Waals surface area contributed by atoms with E-state index in [1.807, 2.05) is 6.92 Å². The van der Waals surface area contributed by atoms with Crippen LogP contribution in [0.4, 0.5) is 4.39 Å². The van der Waals surface area contributed by atoms with E-state index >= 15 is 0 Å². The van der Waals surface area contributed by atoms with Crippen molar-refractivity contribution in [1.82, 2.24) is 10.6 Å². The molecule has 3 N–H and O–H groups in total. The van der Waals surface area contributed by atoms with Crippen molar-refractivity contribution < 1.29 is 14.2 Å². The van der Waals surface area contributed by atoms with Crippen LogP contribution in [0.15, 0.2) is 29.3 Å². The second-order valence-corrected chi connectivity index (χ2v) is 5.98. The Kier molecular flexibility index (Phi) is 13.7. The number of hydrogen-bond donors (Lipinski definition) is 3. The number of nitrogens with zero attached hydrogens (tertiary/aromatic N) is 1. The molecular formula is C18H31FIN3O2. The summed E-state index contributed by atoms with van der Waals surface area (Å²) in [6.07, 6.45) is 0.0761. The van der Waals surface area contributed by atoms with E-state index in [1.54, 1.807) is 18.2 Å². The van der Waals surface area contributed by atoms with Gasteiger partial charge < -0.3 is 20.5 Å². The van der Waals surface area contributed by atoms with Crippen LogP contribution in [0.2, 0.25) is 0 Å². The molecule has 0 saturated heterocycles. The van der Waals surface area contributed by atoms with E-state index in [1.165, 1.54) is 6.07 Å². The van der Waals surface area contributed by atoms with Gasteiger partial charge in [0, 0.05) is 25.3 Å². The summed E-state index contributed by atoms with van der Waals surface area (Å²) >= 11 is 0. The first-order chi connectivity index (χ1) is 11.5. The Labute approximate surface area is 167 Å². The summed E-state index contributed by atoms with van der Waals surface area (Å²) in [5, 5.41) is 16.3. The summed E-state index contributed by atoms with van der Waals surface area (Å²) in [4.78, 5) is 4.30. The normalized spacial score (nSPS) is 12.6. The van der Waals surface area contributed by atoms with Crippen molar-refractivity contribution in [3.05, 3.63) is 35.6 Å². The van der Waals surface area contributed by atoms with Crippen molar-refractivity contribution in [2.24, 2.45) is 10.9 Å². The highest BCUT2D eigenvalue weighted by Crippen LogP contribution is 2.16. The van der Waals surface area contributed by atoms with Gasteiger partial charge in [-0.25, -0.2) is 4.39 Å². The monoisotopic (exact) mass is 467 g/mol. The van der Waals surface area contributed by atoms with Crippen LogP contribution < -0.4 is 10.6 Å². The maximum atomic E-state index is 13.6. The Morgan fingerprint density at radius 2 is 1.96 bits per heavy atom. The highest BCUT2D eigenvalue weighted by Gasteiger charge is 2.11. The molecule has 0 spiro atoms. The number of halogens is 2. The van der Waals surface area contributed by atoms with Gasteiger partial charge >= 0.3 is 0 Å². The van der Waals surface area contributed by atoms with E-state index in [-0.39, 0.29) is 36.1 Å². The van der Waals surface area contributed by atoms with Crippen molar-refractivity contribution in [2.45, 2.75) is 33.3 Å². The lowest BCUT2D eigenvalue weighted by Crippen LogP contribution is -2.39. The zero-order valence-electron chi connectivity index (χ0n) is 15.3. The Morgan fingerprint density at radius 1 is 1.24 bits per heavy atom. The summed E-state index contributed by atoms with van der Waals surface area (Å²) in [5.41, 5.74) is 0.258. The Hall–Kier alpha value is -0.930. The number of aliphatic imine (C=N–C) groups is 1. The topological polar surface area (TPSA) is 65.9 Å². The average Bonchev–Trinajstić information content (AvgIpc) is 2.55. The molecule has 1 aromatic rings. The Bertz CT molecular complexity index is 501. The van der Waals surface area contributed by atoms with Gasteiger partial charge in [-0.2, -0.15) is 0 Å². The smallest absolute Gasteiger partial charge is 0.191 e. The van der Waals surface area contributed by atoms with Crippen LogP contribution in [0.25, 0.3) is 0 Å². The fourth-order valence-electron chi connectivity index (χ4n) is 2.03. The molecule has 0 heterocycles. The third kappa shape index (κ3) is 10.6. The van der Waals surface area contributed by atoms with Gasteiger partial charge in [-0.15, -0.1) is 24.0 Å². The maximum Gasteiger partial charge on any atom is 0.191 e. The van der Waals surface area contributed by atoms with Gasteiger partial charge in [0.1, 0.15) is 11.9 Å². The van der Waals surface area contributed by atoms with Crippen molar-refractivity contribution in [3.8, 4) is 0 Å². The second-order valence-electron chi connectivity index (χ2n) is 5.98. The van der Waals surface area contributed by atoms with E-state index in [9.17, 15) is 9.50 Å². The van der Waals surface area contributed by atoms with Gasteiger partial charge in [0.15, 0.2) is 5.96 Å². The van der Waals surface area contributed by atoms with Crippen LogP contribution in [-0.4, -0.2) is 43.9 Å². The molecule has 0 aromatic heterocycles. The lowest BCUT2D eigenvalue weighted by atomic mass is 10.1. The summed E-state index contributed by atoms with van der Waals surface area (Å²) in [7, 11) is 0. The number of nitrogens with one attached hydrogen (secondary N) is 2. The molecule has 144 valence electrons. The molecule has 0 amide bonds. The molecule has 0 aliphatic carbocycles. The predicted molar refractivity (Wildman–Crippen MR) is 111 cm³/mol. The van der Waals surface area contributed by atoms with Crippen molar-refractivity contribution >= 4 is 29.9 Å². The molecule has 0 aliphatic rings. The minimum Gasteiger partial charge on any atom is -0.386 e. The van der Waals surface area contributed by atoms with Crippen molar-refractivity contribution in [1.29, 1.82) is 0 Å². The van der Waals surface area contributed by atoms with Crippen molar-refractivity contribution in [3.63, 3.8) is 0 Å². The predicted octanol–water partition coefficient (Wildman–Crippen LogP) is 3.09. The number of ether oxygens (including phenoxy) is 1. The fraction of sp³-hybridized carbons (Fsp3) is 0.611. The molecule has 0 saturated carbocycles. The summed E-state index contributed by atoms with van der Waals surface area (Å²) in [6, 6.07) is 6.20. The highest BCUT2D eigenvalue weighted by atomic mass is 127. The molecule has 7 heteroatoms. The van der Waals surface area contributed by atoms with E-state index in [4.69, 9.17) is 4.74 Å². The van der Waals surface area contributed by atoms with Crippen LogP contribution in [-0.2, 0) is 4.74 Å². The number of guanidine groups is 1. The molecule has 1 unspecified atom stereocenters. The first-order valence-corrected chi connectivity index (χ1v) is 8.57. The van der Waals surface area contributed by atoms with Gasteiger partial charge in [-0.1, -0.05) is 32.0 Å². The van der Waals surface area contributed by atoms with E-state index in [2.05, 4.69) is 29.5 Å². The average molecular weight is 467 g/mol. The number of aliphatic hydroxyl groups is 1. The number of rotatable bonds is 10. The molecule has 5 nitrogen and oxygen atoms in total. The first kappa shape index (κ1) is 24.1. The van der Waals surface area contributed by atoms with E-state index < -0.39 is 11.9 Å². The van der Waals surface area contributed by atoms with Gasteiger partial charge in [0.2, 0.25) is 0 Å². The molecule has 1 aromatic carbocycles. The van der Waals surface area contributed by atoms with Crippen LogP contribution in [0, 0.1) is 11.7 Å². The zero-order valence-corrected chi connectivity index (χ0v) is 17.6. The lowest BCUT2D eigenvalue weighted by Gasteiger charge is -2.14. The second kappa shape index (κ2) is 14.3. The maximum absolute atomic E-state index is 13.6. The molecule has 25 heavy (non-hydrogen) atoms. The van der Waals surface area contributed by atoms with Crippen LogP contribution in [0.5, 0.6) is 0 Å². The molecule has 0 bridgehead atoms. The highest BCUT2D eigenvalue weighted by molar-refractivity contribution is 14.0. The number of benzene rings is 1. The van der Waals surface area contributed by atoms with Gasteiger partial charge in [-0.3, -0.25) is 4.99 Å². The van der Waals surface area contributed by atoms with Gasteiger partial charge in [-0.05, 0) is 25.3 Å². The first-order valence-electron chi connectivity index (χ1n) is 8.57. The molecular weight excluding hydrogens is 436 g/mol. The lowest BCUT2D eigenvalue weighted by molar-refractivity contribution is 0.128. The minimum absolute atomic E-state index is 0. The largest absolute Gasteiger partial charge is 0.386 e. The summed E-state index contributed by atoms with van der Waals surface area (Å²) in [6.45, 7) is 9.05. The van der Waals surface area contributed by atoms with Crippen LogP contribution in [0.3, 0.4) is 0 Å². The minimum atomic E-state index is -0.969. The molecule has 1 atom stereocenters. The number of hydrogen-bond acceptors (Lipinski definition) is 3. The van der Waals surface area contributed by atoms with Crippen molar-refractivity contribution in [2.75, 3.05) is 32.8 Å². The molecule has 1 rings (SSSR count). The van der Waals surface area contributed by atoms with Gasteiger partial charge in [0.05, 0.1) is 13.2 Å². The number of aliphatic hydroxyl groups excluding tert-OH is 1. The van der Waals surface area contributed by atoms with E-state index in [0.717, 1.165) is 13.0 Å². The Morgan fingerprint density at radius 3 is 2.60 bits per heavy atom. The summed E-state index contributed by atoms with van der Waals surface area (Å²) < 4.78 is 19.2. The molecule has 0 radical (unpaired) electrons. The Balaban J connectivity index is 0.00000576. The standard InChI is InChI=1S/C18H30FN3O2.HI/c1-4-20-18(21-10-12-24-11-9-14(2)3)22-13-17(23)15-7-5-6-8-16(15)19;/h5-8,14,17,23H,4,9-13H2,1-3H3,(H2,20,21,22);1H. The van der Waals surface area contributed by atoms with Gasteiger partial charge in [0.25, 0.3) is 0 Å². The van der Waals surface area contributed by atoms with Crippen LogP contribution in [0.1, 0.15) is 38.9 Å². The summed E-state index contributed by atoms with van der Waals surface area (Å²) in [5.74, 6) is 0.800. The third-order valence-electron chi connectivity index (χ3n) is 3.41. The quantitative estimate of drug-likeness (QED) is 0.214. The molecule has 0 fully saturated rings. The van der Waals surface area contributed by atoms with Crippen LogP contribution >= 0.6 is 24.0 Å². The zero-order chi connectivity index (χ0) is 17.8. The molecule has 0 aliphatic heterocycles. The SMILES string of the molecule is CCNC(=NCC(O)c1ccccc1F)NCCOCCC(C)C.I. The third-order valence-corrected chi connectivity index (χ3v) is 3.41.